The van der Waals surface area contributed by atoms with Crippen molar-refractivity contribution in [3.63, 3.8) is 0 Å². The lowest BCUT2D eigenvalue weighted by Gasteiger charge is -2.19. The molecule has 0 aliphatic rings. The number of amides is 1. The third-order valence-corrected chi connectivity index (χ3v) is 4.83. The molecule has 29 heavy (non-hydrogen) atoms. The summed E-state index contributed by atoms with van der Waals surface area (Å²) < 4.78 is 2.41. The molecule has 0 bridgehead atoms. The van der Waals surface area contributed by atoms with Crippen molar-refractivity contribution in [3.05, 3.63) is 99.1 Å². The Bertz CT molecular complexity index is 1340. The molecular weight excluding hydrogens is 370 g/mol. The second-order valence-corrected chi connectivity index (χ2v) is 6.51. The number of para-hydroxylation sites is 1. The highest BCUT2D eigenvalue weighted by Crippen LogP contribution is 2.19. The Hall–Kier alpha value is -4.07. The Labute approximate surface area is 164 Å². The lowest BCUT2D eigenvalue weighted by Crippen LogP contribution is -2.42. The summed E-state index contributed by atoms with van der Waals surface area (Å²) in [7, 11) is 0. The highest BCUT2D eigenvalue weighted by Gasteiger charge is 2.22. The van der Waals surface area contributed by atoms with Gasteiger partial charge in [0.15, 0.2) is 5.65 Å². The van der Waals surface area contributed by atoms with E-state index >= 15 is 0 Å². The van der Waals surface area contributed by atoms with Crippen molar-refractivity contribution in [2.45, 2.75) is 13.0 Å². The van der Waals surface area contributed by atoms with Crippen LogP contribution in [0.3, 0.4) is 0 Å². The summed E-state index contributed by atoms with van der Waals surface area (Å²) >= 11 is 0. The van der Waals surface area contributed by atoms with Gasteiger partial charge in [-0.15, -0.1) is 0 Å². The Morgan fingerprint density at radius 3 is 2.45 bits per heavy atom. The number of carbonyl (C=O) groups excluding carboxylic acids is 1. The van der Waals surface area contributed by atoms with Crippen molar-refractivity contribution in [1.29, 1.82) is 0 Å². The number of hydrogen-bond donors (Lipinski definition) is 1. The summed E-state index contributed by atoms with van der Waals surface area (Å²) in [6.07, 6.45) is 4.68. The molecule has 1 amide bonds. The SMILES string of the molecule is CC(c1ccncc1)n1c(=O)c2cccnc2n(-c2ccccc2C(N)=O)c1=O. The number of benzene rings is 1. The van der Waals surface area contributed by atoms with E-state index in [0.29, 0.717) is 0 Å². The lowest BCUT2D eigenvalue weighted by molar-refractivity contribution is 0.100. The van der Waals surface area contributed by atoms with Gasteiger partial charge < -0.3 is 5.73 Å². The molecule has 0 radical (unpaired) electrons. The van der Waals surface area contributed by atoms with E-state index in [2.05, 4.69) is 9.97 Å². The van der Waals surface area contributed by atoms with Crippen molar-refractivity contribution in [2.75, 3.05) is 0 Å². The molecule has 4 aromatic rings. The number of pyridine rings is 2. The third-order valence-electron chi connectivity index (χ3n) is 4.83. The van der Waals surface area contributed by atoms with Gasteiger partial charge >= 0.3 is 5.69 Å². The largest absolute Gasteiger partial charge is 0.366 e. The van der Waals surface area contributed by atoms with Crippen LogP contribution in [0.5, 0.6) is 0 Å². The van der Waals surface area contributed by atoms with Gasteiger partial charge in [-0.05, 0) is 48.9 Å². The maximum Gasteiger partial charge on any atom is 0.337 e. The smallest absolute Gasteiger partial charge is 0.337 e. The van der Waals surface area contributed by atoms with Crippen molar-refractivity contribution in [2.24, 2.45) is 5.73 Å². The molecule has 0 aliphatic heterocycles. The Kier molecular flexibility index (Phi) is 4.52. The van der Waals surface area contributed by atoms with Crippen molar-refractivity contribution < 1.29 is 4.79 Å². The molecule has 0 saturated heterocycles. The summed E-state index contributed by atoms with van der Waals surface area (Å²) in [5.74, 6) is -0.684. The fraction of sp³-hybridized carbons (Fsp3) is 0.0952. The van der Waals surface area contributed by atoms with Gasteiger partial charge in [0.05, 0.1) is 22.7 Å². The van der Waals surface area contributed by atoms with E-state index in [1.54, 1.807) is 61.8 Å². The van der Waals surface area contributed by atoms with Crippen LogP contribution in [-0.2, 0) is 0 Å². The van der Waals surface area contributed by atoms with Crippen LogP contribution >= 0.6 is 0 Å². The first kappa shape index (κ1) is 18.3. The normalized spacial score (nSPS) is 12.0. The number of rotatable bonds is 4. The predicted octanol–water partition coefficient (Wildman–Crippen LogP) is 1.65. The number of primary amides is 1. The summed E-state index contributed by atoms with van der Waals surface area (Å²) in [5, 5.41) is 0.257. The molecule has 0 spiro atoms. The van der Waals surface area contributed by atoms with Gasteiger partial charge in [0.2, 0.25) is 0 Å². The van der Waals surface area contributed by atoms with Gasteiger partial charge in [0.25, 0.3) is 11.5 Å². The number of hydrogen-bond acceptors (Lipinski definition) is 5. The number of carbonyl (C=O) groups is 1. The minimum absolute atomic E-state index is 0.156. The van der Waals surface area contributed by atoms with Crippen LogP contribution in [0.2, 0.25) is 0 Å². The first-order valence-corrected chi connectivity index (χ1v) is 8.92. The van der Waals surface area contributed by atoms with Crippen LogP contribution in [0.4, 0.5) is 0 Å². The lowest BCUT2D eigenvalue weighted by atomic mass is 10.1. The first-order valence-electron chi connectivity index (χ1n) is 8.92. The van der Waals surface area contributed by atoms with E-state index in [-0.39, 0.29) is 22.3 Å². The van der Waals surface area contributed by atoms with Gasteiger partial charge in [0.1, 0.15) is 0 Å². The van der Waals surface area contributed by atoms with E-state index < -0.39 is 23.2 Å². The molecule has 8 heteroatoms. The molecule has 0 saturated carbocycles. The highest BCUT2D eigenvalue weighted by atomic mass is 16.2. The Morgan fingerprint density at radius 1 is 1.00 bits per heavy atom. The van der Waals surface area contributed by atoms with Gasteiger partial charge in [-0.2, -0.15) is 0 Å². The minimum atomic E-state index is -0.684. The van der Waals surface area contributed by atoms with Gasteiger partial charge in [0, 0.05) is 18.6 Å². The molecule has 0 aliphatic carbocycles. The predicted molar refractivity (Wildman–Crippen MR) is 108 cm³/mol. The average Bonchev–Trinajstić information content (AvgIpc) is 2.74. The molecule has 4 rings (SSSR count). The number of nitrogens with zero attached hydrogens (tertiary/aromatic N) is 4. The first-order chi connectivity index (χ1) is 14.0. The van der Waals surface area contributed by atoms with Crippen LogP contribution in [0.15, 0.2) is 76.7 Å². The standard InChI is InChI=1S/C21H17N5O3/c1-13(14-8-11-23-12-9-14)25-20(28)16-6-4-10-24-19(16)26(21(25)29)17-7-3-2-5-15(17)18(22)27/h2-13H,1H3,(H2,22,27). The monoisotopic (exact) mass is 387 g/mol. The summed E-state index contributed by atoms with van der Waals surface area (Å²) in [4.78, 5) is 46.9. The zero-order chi connectivity index (χ0) is 20.5. The molecule has 0 fully saturated rings. The molecule has 1 aromatic carbocycles. The average molecular weight is 387 g/mol. The fourth-order valence-electron chi connectivity index (χ4n) is 3.38. The molecule has 144 valence electrons. The quantitative estimate of drug-likeness (QED) is 0.572. The fourth-order valence-corrected chi connectivity index (χ4v) is 3.38. The highest BCUT2D eigenvalue weighted by molar-refractivity contribution is 5.97. The summed E-state index contributed by atoms with van der Waals surface area (Å²) in [6.45, 7) is 1.75. The van der Waals surface area contributed by atoms with Gasteiger partial charge in [-0.1, -0.05) is 12.1 Å². The number of fused-ring (bicyclic) bond motifs is 1. The maximum absolute atomic E-state index is 13.5. The molecule has 3 heterocycles. The number of aromatic nitrogens is 4. The number of nitrogens with two attached hydrogens (primary N) is 1. The zero-order valence-corrected chi connectivity index (χ0v) is 15.5. The van der Waals surface area contributed by atoms with Crippen molar-refractivity contribution in [3.8, 4) is 5.69 Å². The Balaban J connectivity index is 2.13. The van der Waals surface area contributed by atoms with Gasteiger partial charge in [-0.25, -0.2) is 14.3 Å². The van der Waals surface area contributed by atoms with E-state index in [0.717, 1.165) is 10.1 Å². The molecule has 2 N–H and O–H groups in total. The van der Waals surface area contributed by atoms with Gasteiger partial charge in [-0.3, -0.25) is 19.1 Å². The third kappa shape index (κ3) is 3.00. The summed E-state index contributed by atoms with van der Waals surface area (Å²) in [5.41, 5.74) is 5.77. The van der Waals surface area contributed by atoms with E-state index in [4.69, 9.17) is 5.73 Å². The van der Waals surface area contributed by atoms with Crippen molar-refractivity contribution in [1.82, 2.24) is 19.1 Å². The second kappa shape index (κ2) is 7.16. The Morgan fingerprint density at radius 2 is 1.72 bits per heavy atom. The van der Waals surface area contributed by atoms with E-state index in [1.807, 2.05) is 0 Å². The molecular formula is C21H17N5O3. The van der Waals surface area contributed by atoms with Crippen molar-refractivity contribution >= 4 is 16.9 Å². The molecule has 1 atom stereocenters. The second-order valence-electron chi connectivity index (χ2n) is 6.51. The molecule has 3 aromatic heterocycles. The van der Waals surface area contributed by atoms with Crippen LogP contribution < -0.4 is 17.0 Å². The maximum atomic E-state index is 13.5. The van der Waals surface area contributed by atoms with Crippen LogP contribution in [0.25, 0.3) is 16.7 Å². The van der Waals surface area contributed by atoms with Crippen LogP contribution in [0, 0.1) is 0 Å². The summed E-state index contributed by atoms with van der Waals surface area (Å²) in [6, 6.07) is 12.6. The molecule has 1 unspecified atom stereocenters. The van der Waals surface area contributed by atoms with Crippen LogP contribution in [-0.4, -0.2) is 25.0 Å². The minimum Gasteiger partial charge on any atom is -0.366 e. The van der Waals surface area contributed by atoms with E-state index in [9.17, 15) is 14.4 Å². The topological polar surface area (TPSA) is 113 Å². The van der Waals surface area contributed by atoms with Crippen LogP contribution in [0.1, 0.15) is 28.9 Å². The zero-order valence-electron chi connectivity index (χ0n) is 15.5. The molecule has 8 nitrogen and oxygen atoms in total. The van der Waals surface area contributed by atoms with E-state index in [1.165, 1.54) is 16.8 Å².